The molecule has 2 N–H and O–H groups in total. The molecular formula is C12H19Cl2N3O. The predicted octanol–water partition coefficient (Wildman–Crippen LogP) is 1.73. The summed E-state index contributed by atoms with van der Waals surface area (Å²) in [4.78, 5) is 17.9. The van der Waals surface area contributed by atoms with Crippen molar-refractivity contribution in [1.82, 2.24) is 9.88 Å². The van der Waals surface area contributed by atoms with E-state index in [1.807, 2.05) is 11.8 Å². The van der Waals surface area contributed by atoms with E-state index in [1.165, 1.54) is 0 Å². The number of likely N-dealkylation sites (tertiary alicyclic amines) is 1. The van der Waals surface area contributed by atoms with Crippen molar-refractivity contribution in [3.05, 3.63) is 30.1 Å². The van der Waals surface area contributed by atoms with Crippen LogP contribution < -0.4 is 5.73 Å². The lowest BCUT2D eigenvalue weighted by Gasteiger charge is -2.18. The summed E-state index contributed by atoms with van der Waals surface area (Å²) < 4.78 is 0. The second-order valence-electron chi connectivity index (χ2n) is 4.39. The van der Waals surface area contributed by atoms with Gasteiger partial charge < -0.3 is 10.6 Å². The molecule has 4 nitrogen and oxygen atoms in total. The van der Waals surface area contributed by atoms with Gasteiger partial charge in [0, 0.05) is 37.1 Å². The summed E-state index contributed by atoms with van der Waals surface area (Å²) >= 11 is 0. The maximum Gasteiger partial charge on any atom is 0.253 e. The van der Waals surface area contributed by atoms with Gasteiger partial charge >= 0.3 is 0 Å². The van der Waals surface area contributed by atoms with E-state index in [0.717, 1.165) is 19.5 Å². The number of hydrogen-bond donors (Lipinski definition) is 1. The Bertz CT molecular complexity index is 373. The van der Waals surface area contributed by atoms with Gasteiger partial charge in [-0.3, -0.25) is 9.78 Å². The molecular weight excluding hydrogens is 273 g/mol. The van der Waals surface area contributed by atoms with Crippen molar-refractivity contribution >= 4 is 30.7 Å². The SMILES string of the molecule is CC(N)C1CCN(C(=O)c2ccncc2)C1.Cl.Cl. The number of aromatic nitrogens is 1. The lowest BCUT2D eigenvalue weighted by Crippen LogP contribution is -2.32. The number of rotatable bonds is 2. The van der Waals surface area contributed by atoms with E-state index >= 15 is 0 Å². The highest BCUT2D eigenvalue weighted by Gasteiger charge is 2.28. The molecule has 0 radical (unpaired) electrons. The molecule has 102 valence electrons. The Hall–Kier alpha value is -0.840. The van der Waals surface area contributed by atoms with Gasteiger partial charge in [0.15, 0.2) is 0 Å². The zero-order valence-corrected chi connectivity index (χ0v) is 11.9. The molecule has 2 heterocycles. The number of nitrogens with zero attached hydrogens (tertiary/aromatic N) is 2. The van der Waals surface area contributed by atoms with Crippen LogP contribution in [0.2, 0.25) is 0 Å². The Labute approximate surface area is 120 Å². The monoisotopic (exact) mass is 291 g/mol. The molecule has 1 aromatic heterocycles. The lowest BCUT2D eigenvalue weighted by atomic mass is 10.0. The Kier molecular flexibility index (Phi) is 7.21. The van der Waals surface area contributed by atoms with Gasteiger partial charge in [0.25, 0.3) is 5.91 Å². The highest BCUT2D eigenvalue weighted by atomic mass is 35.5. The topological polar surface area (TPSA) is 59.2 Å². The molecule has 2 unspecified atom stereocenters. The van der Waals surface area contributed by atoms with Gasteiger partial charge in [0.2, 0.25) is 0 Å². The fourth-order valence-electron chi connectivity index (χ4n) is 2.08. The molecule has 1 aromatic rings. The second kappa shape index (κ2) is 7.56. The third-order valence-corrected chi connectivity index (χ3v) is 3.18. The van der Waals surface area contributed by atoms with Crippen molar-refractivity contribution in [2.75, 3.05) is 13.1 Å². The van der Waals surface area contributed by atoms with E-state index < -0.39 is 0 Å². The first-order valence-electron chi connectivity index (χ1n) is 5.63. The van der Waals surface area contributed by atoms with E-state index in [-0.39, 0.29) is 36.8 Å². The molecule has 6 heteroatoms. The van der Waals surface area contributed by atoms with Gasteiger partial charge in [-0.1, -0.05) is 0 Å². The van der Waals surface area contributed by atoms with Crippen LogP contribution in [0.3, 0.4) is 0 Å². The van der Waals surface area contributed by atoms with Crippen LogP contribution in [0.25, 0.3) is 0 Å². The number of hydrogen-bond acceptors (Lipinski definition) is 3. The first-order valence-corrected chi connectivity index (χ1v) is 5.63. The minimum absolute atomic E-state index is 0. The van der Waals surface area contributed by atoms with Crippen LogP contribution in [0.4, 0.5) is 0 Å². The Morgan fingerprint density at radius 3 is 2.56 bits per heavy atom. The van der Waals surface area contributed by atoms with Crippen LogP contribution in [0.1, 0.15) is 23.7 Å². The molecule has 0 bridgehead atoms. The molecule has 0 aliphatic carbocycles. The molecule has 0 saturated carbocycles. The van der Waals surface area contributed by atoms with Crippen LogP contribution in [0.15, 0.2) is 24.5 Å². The normalized spacial score (nSPS) is 19.7. The van der Waals surface area contributed by atoms with E-state index in [0.29, 0.717) is 11.5 Å². The molecule has 2 rings (SSSR count). The van der Waals surface area contributed by atoms with Crippen molar-refractivity contribution in [1.29, 1.82) is 0 Å². The molecule has 1 fully saturated rings. The van der Waals surface area contributed by atoms with Crippen molar-refractivity contribution < 1.29 is 4.79 Å². The van der Waals surface area contributed by atoms with Crippen LogP contribution >= 0.6 is 24.8 Å². The zero-order valence-electron chi connectivity index (χ0n) is 10.3. The van der Waals surface area contributed by atoms with Gasteiger partial charge in [-0.25, -0.2) is 0 Å². The molecule has 1 saturated heterocycles. The predicted molar refractivity (Wildman–Crippen MR) is 76.4 cm³/mol. The number of carbonyl (C=O) groups excluding carboxylic acids is 1. The smallest absolute Gasteiger partial charge is 0.253 e. The highest BCUT2D eigenvalue weighted by molar-refractivity contribution is 5.94. The number of pyridine rings is 1. The van der Waals surface area contributed by atoms with E-state index in [1.54, 1.807) is 24.5 Å². The lowest BCUT2D eigenvalue weighted by molar-refractivity contribution is 0.0786. The van der Waals surface area contributed by atoms with Crippen LogP contribution in [-0.2, 0) is 0 Å². The molecule has 0 aromatic carbocycles. The van der Waals surface area contributed by atoms with Crippen molar-refractivity contribution in [2.45, 2.75) is 19.4 Å². The summed E-state index contributed by atoms with van der Waals surface area (Å²) in [7, 11) is 0. The standard InChI is InChI=1S/C12H17N3O.2ClH/c1-9(13)11-4-7-15(8-11)12(16)10-2-5-14-6-3-10;;/h2-3,5-6,9,11H,4,7-8,13H2,1H3;2*1H. The maximum absolute atomic E-state index is 12.1. The average molecular weight is 292 g/mol. The molecule has 1 aliphatic heterocycles. The average Bonchev–Trinajstić information content (AvgIpc) is 2.78. The summed E-state index contributed by atoms with van der Waals surface area (Å²) in [6.07, 6.45) is 4.30. The Morgan fingerprint density at radius 1 is 1.44 bits per heavy atom. The third kappa shape index (κ3) is 3.83. The number of halogens is 2. The maximum atomic E-state index is 12.1. The second-order valence-corrected chi connectivity index (χ2v) is 4.39. The summed E-state index contributed by atoms with van der Waals surface area (Å²) in [5.41, 5.74) is 6.56. The van der Waals surface area contributed by atoms with E-state index in [4.69, 9.17) is 5.73 Å². The van der Waals surface area contributed by atoms with Crippen molar-refractivity contribution in [2.24, 2.45) is 11.7 Å². The molecule has 18 heavy (non-hydrogen) atoms. The van der Waals surface area contributed by atoms with E-state index in [9.17, 15) is 4.79 Å². The number of amides is 1. The van der Waals surface area contributed by atoms with E-state index in [2.05, 4.69) is 4.98 Å². The highest BCUT2D eigenvalue weighted by Crippen LogP contribution is 2.20. The van der Waals surface area contributed by atoms with Gasteiger partial charge in [-0.15, -0.1) is 24.8 Å². The molecule has 2 atom stereocenters. The van der Waals surface area contributed by atoms with Crippen molar-refractivity contribution in [3.63, 3.8) is 0 Å². The third-order valence-electron chi connectivity index (χ3n) is 3.18. The minimum Gasteiger partial charge on any atom is -0.338 e. The Morgan fingerprint density at radius 2 is 2.06 bits per heavy atom. The van der Waals surface area contributed by atoms with Gasteiger partial charge in [-0.2, -0.15) is 0 Å². The number of carbonyl (C=O) groups is 1. The first-order chi connectivity index (χ1) is 7.68. The zero-order chi connectivity index (χ0) is 11.5. The van der Waals surface area contributed by atoms with Gasteiger partial charge in [-0.05, 0) is 31.4 Å². The molecule has 0 spiro atoms. The first kappa shape index (κ1) is 17.2. The van der Waals surface area contributed by atoms with Crippen LogP contribution in [-0.4, -0.2) is 34.9 Å². The summed E-state index contributed by atoms with van der Waals surface area (Å²) in [5.74, 6) is 0.524. The summed E-state index contributed by atoms with van der Waals surface area (Å²) in [5, 5.41) is 0. The molecule has 1 amide bonds. The quantitative estimate of drug-likeness (QED) is 0.903. The fraction of sp³-hybridized carbons (Fsp3) is 0.500. The van der Waals surface area contributed by atoms with Crippen molar-refractivity contribution in [3.8, 4) is 0 Å². The summed E-state index contributed by atoms with van der Waals surface area (Å²) in [6, 6.07) is 3.67. The molecule has 1 aliphatic rings. The fourth-order valence-corrected chi connectivity index (χ4v) is 2.08. The Balaban J connectivity index is 0.00000144. The van der Waals surface area contributed by atoms with Crippen LogP contribution in [0, 0.1) is 5.92 Å². The largest absolute Gasteiger partial charge is 0.338 e. The number of nitrogens with two attached hydrogens (primary N) is 1. The summed E-state index contributed by atoms with van der Waals surface area (Å²) in [6.45, 7) is 3.59. The van der Waals surface area contributed by atoms with Crippen LogP contribution in [0.5, 0.6) is 0 Å². The minimum atomic E-state index is 0. The van der Waals surface area contributed by atoms with Gasteiger partial charge in [0.1, 0.15) is 0 Å². The van der Waals surface area contributed by atoms with Gasteiger partial charge in [0.05, 0.1) is 0 Å².